The summed E-state index contributed by atoms with van der Waals surface area (Å²) in [7, 11) is 2.31. The van der Waals surface area contributed by atoms with E-state index in [4.69, 9.17) is 9.73 Å². The zero-order valence-corrected chi connectivity index (χ0v) is 24.3. The zero-order chi connectivity index (χ0) is 28.6. The standard InChI is InChI=1S/C34H40N4O3/c1-22-17-27-23(2)21-38(3)15-7-11-25(12-8-16-41-31-14-6-10-24-9-4-5-13-26(24)31)32(34(39)40)35-20-30-29(19-36-37-30)28(18-22)33(27)38/h4-7,9-11,13-15,22-23,30,36-37H,8,12,16-21H2,1-3H3/p+1/b15-7+,25-11-,29-28-,35-32-. The van der Waals surface area contributed by atoms with E-state index in [1.807, 2.05) is 30.3 Å². The summed E-state index contributed by atoms with van der Waals surface area (Å²) in [6.45, 7) is 7.37. The van der Waals surface area contributed by atoms with Gasteiger partial charge < -0.3 is 9.84 Å². The number of hydrazine groups is 1. The van der Waals surface area contributed by atoms with E-state index in [9.17, 15) is 9.90 Å². The van der Waals surface area contributed by atoms with Crippen molar-refractivity contribution in [3.8, 4) is 5.75 Å². The summed E-state index contributed by atoms with van der Waals surface area (Å²) in [5.74, 6) is 0.985. The molecule has 4 aliphatic rings. The van der Waals surface area contributed by atoms with Gasteiger partial charge in [-0.05, 0) is 60.3 Å². The fourth-order valence-corrected chi connectivity index (χ4v) is 7.28. The minimum atomic E-state index is -0.985. The Labute approximate surface area is 242 Å². The molecule has 1 aliphatic carbocycles. The monoisotopic (exact) mass is 553 g/mol. The molecule has 3 heterocycles. The van der Waals surface area contributed by atoms with Crippen molar-refractivity contribution >= 4 is 22.5 Å². The van der Waals surface area contributed by atoms with Crippen LogP contribution < -0.4 is 15.6 Å². The second-order valence-corrected chi connectivity index (χ2v) is 12.3. The Morgan fingerprint density at radius 1 is 1.12 bits per heavy atom. The number of hydrogen-bond acceptors (Lipinski definition) is 5. The minimum Gasteiger partial charge on any atom is -0.493 e. The van der Waals surface area contributed by atoms with Crippen LogP contribution in [0, 0.1) is 11.8 Å². The number of aliphatic carboxylic acids is 1. The predicted molar refractivity (Wildman–Crippen MR) is 163 cm³/mol. The Bertz CT molecular complexity index is 1510. The van der Waals surface area contributed by atoms with Crippen LogP contribution >= 0.6 is 0 Å². The van der Waals surface area contributed by atoms with E-state index in [1.54, 1.807) is 5.57 Å². The number of fused-ring (bicyclic) bond motifs is 2. The molecule has 7 nitrogen and oxygen atoms in total. The molecule has 0 amide bonds. The number of likely N-dealkylation sites (N-methyl/N-ethyl adjacent to an activating group) is 1. The summed E-state index contributed by atoms with van der Waals surface area (Å²) < 4.78 is 6.92. The van der Waals surface area contributed by atoms with Crippen LogP contribution in [-0.2, 0) is 4.79 Å². The van der Waals surface area contributed by atoms with Gasteiger partial charge in [0.1, 0.15) is 23.4 Å². The van der Waals surface area contributed by atoms with Crippen molar-refractivity contribution in [3.05, 3.63) is 88.8 Å². The quantitative estimate of drug-likeness (QED) is 0.324. The number of rotatable bonds is 6. The number of nitrogens with one attached hydrogen (secondary N) is 2. The summed E-state index contributed by atoms with van der Waals surface area (Å²) in [4.78, 5) is 17.2. The first kappa shape index (κ1) is 27.6. The number of ether oxygens (including phenoxy) is 1. The molecule has 6 rings (SSSR count). The Kier molecular flexibility index (Phi) is 7.68. The first-order valence-corrected chi connectivity index (χ1v) is 14.9. The first-order valence-electron chi connectivity index (χ1n) is 14.9. The van der Waals surface area contributed by atoms with Crippen LogP contribution in [0.4, 0.5) is 0 Å². The molecule has 3 aliphatic heterocycles. The van der Waals surface area contributed by atoms with E-state index in [1.165, 1.54) is 16.8 Å². The SMILES string of the molecule is CC1CC2=C3/C(=C4/CNNC4C/N=C(C(=O)O)/C(CCCOc4cccc5ccccc45)=C\C=C\[N+]3(C)CC2C)C1. The second-order valence-electron chi connectivity index (χ2n) is 12.3. The summed E-state index contributed by atoms with van der Waals surface area (Å²) in [5.41, 5.74) is 13.4. The van der Waals surface area contributed by atoms with E-state index < -0.39 is 5.97 Å². The zero-order valence-electron chi connectivity index (χ0n) is 24.3. The second kappa shape index (κ2) is 11.4. The minimum absolute atomic E-state index is 0.0258. The summed E-state index contributed by atoms with van der Waals surface area (Å²) >= 11 is 0. The average Bonchev–Trinajstić information content (AvgIpc) is 3.51. The van der Waals surface area contributed by atoms with Gasteiger partial charge in [-0.1, -0.05) is 56.3 Å². The molecule has 0 spiro atoms. The fourth-order valence-electron chi connectivity index (χ4n) is 7.28. The van der Waals surface area contributed by atoms with Gasteiger partial charge in [-0.2, -0.15) is 0 Å². The Morgan fingerprint density at radius 2 is 1.95 bits per heavy atom. The van der Waals surface area contributed by atoms with Gasteiger partial charge in [-0.3, -0.25) is 14.9 Å². The predicted octanol–water partition coefficient (Wildman–Crippen LogP) is 5.53. The van der Waals surface area contributed by atoms with Crippen LogP contribution in [0.1, 0.15) is 39.5 Å². The molecule has 0 bridgehead atoms. The molecular weight excluding hydrogens is 512 g/mol. The number of hydrogen-bond donors (Lipinski definition) is 3. The lowest BCUT2D eigenvalue weighted by Gasteiger charge is -2.34. The lowest BCUT2D eigenvalue weighted by Crippen LogP contribution is -2.38. The van der Waals surface area contributed by atoms with Gasteiger partial charge >= 0.3 is 5.97 Å². The first-order chi connectivity index (χ1) is 19.8. The number of carbonyl (C=O) groups is 1. The third-order valence-corrected chi connectivity index (χ3v) is 9.08. The number of benzene rings is 2. The van der Waals surface area contributed by atoms with Gasteiger partial charge in [0.25, 0.3) is 0 Å². The molecule has 0 aromatic heterocycles. The van der Waals surface area contributed by atoms with Crippen LogP contribution in [0.5, 0.6) is 5.75 Å². The lowest BCUT2D eigenvalue weighted by atomic mass is 9.79. The van der Waals surface area contributed by atoms with Gasteiger partial charge in [0.05, 0.1) is 32.8 Å². The van der Waals surface area contributed by atoms with Crippen LogP contribution in [0.15, 0.2) is 93.8 Å². The number of nitrogens with zero attached hydrogens (tertiary/aromatic N) is 2. The van der Waals surface area contributed by atoms with Gasteiger partial charge in [0.2, 0.25) is 0 Å². The normalized spacial score (nSPS) is 33.1. The largest absolute Gasteiger partial charge is 0.493 e. The maximum atomic E-state index is 12.5. The smallest absolute Gasteiger partial charge is 0.354 e. The molecule has 2 aromatic rings. The van der Waals surface area contributed by atoms with Gasteiger partial charge in [0, 0.05) is 29.0 Å². The third-order valence-electron chi connectivity index (χ3n) is 9.08. The van der Waals surface area contributed by atoms with Crippen molar-refractivity contribution in [1.29, 1.82) is 0 Å². The van der Waals surface area contributed by atoms with Gasteiger partial charge in [-0.15, -0.1) is 0 Å². The number of carboxylic acid groups (broad SMARTS) is 1. The molecule has 4 atom stereocenters. The number of allylic oxidation sites excluding steroid dienone is 3. The molecular formula is C34H41N4O3+. The van der Waals surface area contributed by atoms with Crippen LogP contribution in [-0.4, -0.2) is 60.6 Å². The Morgan fingerprint density at radius 3 is 2.80 bits per heavy atom. The molecule has 1 fully saturated rings. The lowest BCUT2D eigenvalue weighted by molar-refractivity contribution is -0.814. The van der Waals surface area contributed by atoms with E-state index in [2.05, 4.69) is 62.2 Å². The molecule has 2 aromatic carbocycles. The molecule has 0 saturated carbocycles. The van der Waals surface area contributed by atoms with E-state index in [0.29, 0.717) is 37.8 Å². The van der Waals surface area contributed by atoms with Gasteiger partial charge in [-0.25, -0.2) is 10.2 Å². The van der Waals surface area contributed by atoms with E-state index >= 15 is 0 Å². The highest BCUT2D eigenvalue weighted by atomic mass is 16.5. The molecule has 214 valence electrons. The number of quaternary nitrogens is 1. The molecule has 1 saturated heterocycles. The summed E-state index contributed by atoms with van der Waals surface area (Å²) in [6, 6.07) is 14.2. The van der Waals surface area contributed by atoms with Crippen molar-refractivity contribution < 1.29 is 19.1 Å². The highest BCUT2D eigenvalue weighted by Crippen LogP contribution is 2.48. The highest BCUT2D eigenvalue weighted by Gasteiger charge is 2.46. The molecule has 41 heavy (non-hydrogen) atoms. The Hall–Kier alpha value is -3.52. The highest BCUT2D eigenvalue weighted by molar-refractivity contribution is 6.42. The molecule has 4 unspecified atom stereocenters. The third kappa shape index (κ3) is 5.42. The van der Waals surface area contributed by atoms with Crippen molar-refractivity contribution in [2.75, 3.05) is 33.3 Å². The summed E-state index contributed by atoms with van der Waals surface area (Å²) in [6.07, 6.45) is 9.74. The van der Waals surface area contributed by atoms with E-state index in [0.717, 1.165) is 52.5 Å². The van der Waals surface area contributed by atoms with Crippen molar-refractivity contribution in [3.63, 3.8) is 0 Å². The van der Waals surface area contributed by atoms with Crippen LogP contribution in [0.2, 0.25) is 0 Å². The maximum Gasteiger partial charge on any atom is 0.354 e. The van der Waals surface area contributed by atoms with E-state index in [-0.39, 0.29) is 11.8 Å². The molecule has 7 heteroatoms. The summed E-state index contributed by atoms with van der Waals surface area (Å²) in [5, 5.41) is 12.5. The fraction of sp³-hybridized carbons (Fsp3) is 0.412. The van der Waals surface area contributed by atoms with Crippen molar-refractivity contribution in [2.45, 2.75) is 45.6 Å². The van der Waals surface area contributed by atoms with Crippen LogP contribution in [0.25, 0.3) is 10.8 Å². The topological polar surface area (TPSA) is 83.0 Å². The number of aliphatic imine (C=N–C) groups is 1. The maximum absolute atomic E-state index is 12.5. The number of carboxylic acids is 1. The Balaban J connectivity index is 1.30. The van der Waals surface area contributed by atoms with Crippen molar-refractivity contribution in [1.82, 2.24) is 10.9 Å². The van der Waals surface area contributed by atoms with Gasteiger partial charge in [0.15, 0.2) is 0 Å². The molecule has 3 N–H and O–H groups in total. The van der Waals surface area contributed by atoms with Crippen molar-refractivity contribution in [2.24, 2.45) is 16.8 Å². The average molecular weight is 554 g/mol. The van der Waals surface area contributed by atoms with Crippen LogP contribution in [0.3, 0.4) is 0 Å². The molecule has 0 radical (unpaired) electrons.